The van der Waals surface area contributed by atoms with Gasteiger partial charge in [-0.1, -0.05) is 25.5 Å². The zero-order valence-electron chi connectivity index (χ0n) is 15.3. The Morgan fingerprint density at radius 2 is 2.21 bits per heavy atom. The molecule has 3 rings (SSSR count). The molecule has 2 saturated carbocycles. The minimum absolute atomic E-state index is 0.0282. The summed E-state index contributed by atoms with van der Waals surface area (Å²) in [6.07, 6.45) is 11.0. The molecular weight excluding hydrogens is 300 g/mol. The predicted molar refractivity (Wildman–Crippen MR) is 94.5 cm³/mol. The summed E-state index contributed by atoms with van der Waals surface area (Å²) in [7, 11) is 1.53. The summed E-state index contributed by atoms with van der Waals surface area (Å²) in [5, 5.41) is 0. The fourth-order valence-corrected chi connectivity index (χ4v) is 5.71. The van der Waals surface area contributed by atoms with Gasteiger partial charge in [0.15, 0.2) is 0 Å². The van der Waals surface area contributed by atoms with E-state index >= 15 is 0 Å². The van der Waals surface area contributed by atoms with Crippen LogP contribution in [0.5, 0.6) is 0 Å². The first-order chi connectivity index (χ1) is 11.4. The zero-order chi connectivity index (χ0) is 17.4. The van der Waals surface area contributed by atoms with Crippen molar-refractivity contribution in [1.29, 1.82) is 0 Å². The van der Waals surface area contributed by atoms with E-state index in [4.69, 9.17) is 9.15 Å². The Morgan fingerprint density at radius 3 is 2.88 bits per heavy atom. The average Bonchev–Trinajstić information content (AvgIpc) is 3.06. The number of carbonyl (C=O) groups is 1. The highest BCUT2D eigenvalue weighted by Crippen LogP contribution is 2.62. The zero-order valence-corrected chi connectivity index (χ0v) is 15.3. The van der Waals surface area contributed by atoms with Crippen LogP contribution in [0.3, 0.4) is 0 Å². The molecule has 3 nitrogen and oxygen atoms in total. The molecule has 2 fully saturated rings. The van der Waals surface area contributed by atoms with Gasteiger partial charge in [0.1, 0.15) is 0 Å². The molecule has 0 bridgehead atoms. The van der Waals surface area contributed by atoms with Crippen molar-refractivity contribution in [1.82, 2.24) is 0 Å². The molecule has 0 spiro atoms. The Morgan fingerprint density at radius 1 is 1.42 bits per heavy atom. The number of rotatable bonds is 4. The topological polar surface area (TPSA) is 39.4 Å². The van der Waals surface area contributed by atoms with E-state index in [9.17, 15) is 4.79 Å². The minimum atomic E-state index is -0.351. The SMILES string of the molecule is C=C1CCC2[C@](C)(CCC[C@]2(C)C(=O)OC)[C@H]1CCc1ccoc1. The smallest absolute Gasteiger partial charge is 0.311 e. The second kappa shape index (κ2) is 6.42. The van der Waals surface area contributed by atoms with Crippen LogP contribution in [-0.2, 0) is 16.0 Å². The van der Waals surface area contributed by atoms with Crippen LogP contribution in [0, 0.1) is 22.7 Å². The number of aryl methyl sites for hydroxylation is 1. The van der Waals surface area contributed by atoms with E-state index in [0.29, 0.717) is 11.8 Å². The highest BCUT2D eigenvalue weighted by molar-refractivity contribution is 5.77. The third-order valence-corrected chi connectivity index (χ3v) is 6.97. The van der Waals surface area contributed by atoms with Gasteiger partial charge in [0.2, 0.25) is 0 Å². The predicted octanol–water partition coefficient (Wildman–Crippen LogP) is 5.16. The number of allylic oxidation sites excluding steroid dienone is 1. The van der Waals surface area contributed by atoms with Crippen LogP contribution in [-0.4, -0.2) is 13.1 Å². The number of esters is 1. The Labute approximate surface area is 145 Å². The molecule has 0 saturated heterocycles. The first kappa shape index (κ1) is 17.3. The van der Waals surface area contributed by atoms with Gasteiger partial charge in [-0.05, 0) is 74.3 Å². The van der Waals surface area contributed by atoms with Crippen LogP contribution in [0.2, 0.25) is 0 Å². The van der Waals surface area contributed by atoms with Gasteiger partial charge >= 0.3 is 5.97 Å². The van der Waals surface area contributed by atoms with Gasteiger partial charge < -0.3 is 9.15 Å². The normalized spacial score (nSPS) is 36.2. The largest absolute Gasteiger partial charge is 0.472 e. The van der Waals surface area contributed by atoms with Crippen LogP contribution in [0.4, 0.5) is 0 Å². The fourth-order valence-electron chi connectivity index (χ4n) is 5.71. The maximum atomic E-state index is 12.6. The summed E-state index contributed by atoms with van der Waals surface area (Å²) in [6.45, 7) is 8.92. The molecule has 4 atom stereocenters. The highest BCUT2D eigenvalue weighted by atomic mass is 16.5. The molecule has 1 heterocycles. The van der Waals surface area contributed by atoms with E-state index < -0.39 is 0 Å². The van der Waals surface area contributed by atoms with E-state index in [1.54, 1.807) is 6.26 Å². The number of hydrogen-bond acceptors (Lipinski definition) is 3. The van der Waals surface area contributed by atoms with Crippen LogP contribution in [0.15, 0.2) is 35.2 Å². The number of ether oxygens (including phenoxy) is 1. The third kappa shape index (κ3) is 2.72. The van der Waals surface area contributed by atoms with Crippen molar-refractivity contribution in [2.24, 2.45) is 22.7 Å². The van der Waals surface area contributed by atoms with Gasteiger partial charge in [0, 0.05) is 0 Å². The second-order valence-corrected chi connectivity index (χ2v) is 8.24. The molecule has 0 amide bonds. The van der Waals surface area contributed by atoms with Crippen molar-refractivity contribution in [3.63, 3.8) is 0 Å². The lowest BCUT2D eigenvalue weighted by atomic mass is 9.46. The summed E-state index contributed by atoms with van der Waals surface area (Å²) >= 11 is 0. The quantitative estimate of drug-likeness (QED) is 0.565. The first-order valence-corrected chi connectivity index (χ1v) is 9.19. The van der Waals surface area contributed by atoms with Gasteiger partial charge in [-0.25, -0.2) is 0 Å². The van der Waals surface area contributed by atoms with Crippen LogP contribution in [0.25, 0.3) is 0 Å². The summed E-state index contributed by atoms with van der Waals surface area (Å²) < 4.78 is 10.4. The minimum Gasteiger partial charge on any atom is -0.472 e. The molecule has 3 heteroatoms. The van der Waals surface area contributed by atoms with Crippen molar-refractivity contribution in [3.05, 3.63) is 36.3 Å². The summed E-state index contributed by atoms with van der Waals surface area (Å²) in [4.78, 5) is 12.6. The molecule has 1 aromatic rings. The number of fused-ring (bicyclic) bond motifs is 1. The molecule has 132 valence electrons. The molecule has 2 aliphatic rings. The van der Waals surface area contributed by atoms with Crippen molar-refractivity contribution < 1.29 is 13.9 Å². The highest BCUT2D eigenvalue weighted by Gasteiger charge is 2.57. The Kier molecular flexibility index (Phi) is 4.63. The number of methoxy groups -OCH3 is 1. The molecule has 1 unspecified atom stereocenters. The monoisotopic (exact) mass is 330 g/mol. The molecule has 1 aromatic heterocycles. The molecule has 0 aromatic carbocycles. The van der Waals surface area contributed by atoms with Crippen LogP contribution in [0.1, 0.15) is 57.9 Å². The van der Waals surface area contributed by atoms with Gasteiger partial charge in [-0.3, -0.25) is 4.79 Å². The lowest BCUT2D eigenvalue weighted by molar-refractivity contribution is -0.168. The molecule has 0 aliphatic heterocycles. The van der Waals surface area contributed by atoms with Gasteiger partial charge in [-0.2, -0.15) is 0 Å². The lowest BCUT2D eigenvalue weighted by Crippen LogP contribution is -2.53. The Balaban J connectivity index is 1.86. The molecular formula is C21H30O3. The van der Waals surface area contributed by atoms with Crippen molar-refractivity contribution >= 4 is 5.97 Å². The molecule has 2 aliphatic carbocycles. The van der Waals surface area contributed by atoms with E-state index in [1.165, 1.54) is 24.7 Å². The maximum Gasteiger partial charge on any atom is 0.311 e. The average molecular weight is 330 g/mol. The first-order valence-electron chi connectivity index (χ1n) is 9.19. The van der Waals surface area contributed by atoms with Gasteiger partial charge in [-0.15, -0.1) is 0 Å². The van der Waals surface area contributed by atoms with Crippen molar-refractivity contribution in [3.8, 4) is 0 Å². The van der Waals surface area contributed by atoms with Crippen LogP contribution >= 0.6 is 0 Å². The van der Waals surface area contributed by atoms with Gasteiger partial charge in [0.25, 0.3) is 0 Å². The molecule has 0 N–H and O–H groups in total. The molecule has 24 heavy (non-hydrogen) atoms. The van der Waals surface area contributed by atoms with E-state index in [-0.39, 0.29) is 16.8 Å². The summed E-state index contributed by atoms with van der Waals surface area (Å²) in [5.41, 5.74) is 2.41. The third-order valence-electron chi connectivity index (χ3n) is 6.97. The van der Waals surface area contributed by atoms with Crippen molar-refractivity contribution in [2.75, 3.05) is 7.11 Å². The van der Waals surface area contributed by atoms with Crippen LogP contribution < -0.4 is 0 Å². The summed E-state index contributed by atoms with van der Waals surface area (Å²) in [6, 6.07) is 2.05. The van der Waals surface area contributed by atoms with Crippen molar-refractivity contribution in [2.45, 2.75) is 58.8 Å². The second-order valence-electron chi connectivity index (χ2n) is 8.24. The van der Waals surface area contributed by atoms with E-state index in [1.807, 2.05) is 12.3 Å². The summed E-state index contributed by atoms with van der Waals surface area (Å²) in [5.74, 6) is 0.820. The number of furan rings is 1. The molecule has 0 radical (unpaired) electrons. The maximum absolute atomic E-state index is 12.6. The van der Waals surface area contributed by atoms with E-state index in [0.717, 1.165) is 38.5 Å². The fraction of sp³-hybridized carbons (Fsp3) is 0.667. The lowest BCUT2D eigenvalue weighted by Gasteiger charge is -2.57. The Bertz CT molecular complexity index is 603. The Hall–Kier alpha value is -1.51. The standard InChI is InChI=1S/C21H30O3/c1-15-6-9-18-20(2,11-5-12-21(18,3)19(22)23-4)17(15)8-7-16-10-13-24-14-16/h10,13-14,17-18H,1,5-9,11-12H2,2-4H3/t17-,18?,20+,21-/m0/s1. The van der Waals surface area contributed by atoms with Gasteiger partial charge in [0.05, 0.1) is 25.1 Å². The van der Waals surface area contributed by atoms with E-state index in [2.05, 4.69) is 20.4 Å². The number of hydrogen-bond donors (Lipinski definition) is 0. The number of carbonyl (C=O) groups excluding carboxylic acids is 1.